The summed E-state index contributed by atoms with van der Waals surface area (Å²) in [4.78, 5) is 4.18. The molecule has 0 bridgehead atoms. The first-order chi connectivity index (χ1) is 9.19. The molecule has 1 heterocycles. The second-order valence-electron chi connectivity index (χ2n) is 4.71. The van der Waals surface area contributed by atoms with Crippen LogP contribution in [0.2, 0.25) is 0 Å². The van der Waals surface area contributed by atoms with Crippen molar-refractivity contribution < 1.29 is 0 Å². The van der Waals surface area contributed by atoms with Gasteiger partial charge in [0.1, 0.15) is 0 Å². The first kappa shape index (κ1) is 13.3. The lowest BCUT2D eigenvalue weighted by atomic mass is 10.1. The molecule has 1 aromatic carbocycles. The normalized spacial score (nSPS) is 11.8. The van der Waals surface area contributed by atoms with E-state index >= 15 is 0 Å². The van der Waals surface area contributed by atoms with Crippen molar-refractivity contribution in [1.29, 1.82) is 5.26 Å². The molecule has 1 unspecified atom stereocenters. The van der Waals surface area contributed by atoms with Gasteiger partial charge in [0.15, 0.2) is 0 Å². The van der Waals surface area contributed by atoms with E-state index < -0.39 is 0 Å². The van der Waals surface area contributed by atoms with E-state index in [2.05, 4.69) is 29.4 Å². The van der Waals surface area contributed by atoms with Crippen LogP contribution >= 0.6 is 0 Å². The van der Waals surface area contributed by atoms with Crippen LogP contribution in [0.4, 0.5) is 0 Å². The van der Waals surface area contributed by atoms with E-state index in [1.54, 1.807) is 0 Å². The summed E-state index contributed by atoms with van der Waals surface area (Å²) in [5.41, 5.74) is 4.23. The minimum absolute atomic E-state index is 0.244. The van der Waals surface area contributed by atoms with Crippen LogP contribution in [0.5, 0.6) is 0 Å². The molecule has 2 aromatic rings. The van der Waals surface area contributed by atoms with Crippen molar-refractivity contribution in [3.63, 3.8) is 0 Å². The molecule has 0 radical (unpaired) electrons. The molecule has 3 nitrogen and oxygen atoms in total. The lowest BCUT2D eigenvalue weighted by Crippen LogP contribution is -2.18. The summed E-state index contributed by atoms with van der Waals surface area (Å²) in [6, 6.07) is 12.2. The number of hydrogen-bond acceptors (Lipinski definition) is 3. The van der Waals surface area contributed by atoms with Gasteiger partial charge in [0, 0.05) is 25.0 Å². The van der Waals surface area contributed by atoms with Crippen LogP contribution in [-0.4, -0.2) is 4.98 Å². The van der Waals surface area contributed by atoms with Gasteiger partial charge in [-0.3, -0.25) is 4.98 Å². The number of hydrogen-bond donors (Lipinski definition) is 1. The van der Waals surface area contributed by atoms with Gasteiger partial charge < -0.3 is 5.32 Å². The summed E-state index contributed by atoms with van der Waals surface area (Å²) in [7, 11) is 0. The maximum absolute atomic E-state index is 8.77. The van der Waals surface area contributed by atoms with Crippen molar-refractivity contribution in [2.24, 2.45) is 0 Å². The summed E-state index contributed by atoms with van der Waals surface area (Å²) >= 11 is 0. The van der Waals surface area contributed by atoms with Crippen LogP contribution in [0.25, 0.3) is 0 Å². The van der Waals surface area contributed by atoms with Gasteiger partial charge in [-0.15, -0.1) is 0 Å². The lowest BCUT2D eigenvalue weighted by Gasteiger charge is -2.14. The second kappa shape index (κ2) is 6.12. The van der Waals surface area contributed by atoms with Crippen LogP contribution in [0.1, 0.15) is 35.2 Å². The number of aromatic nitrogens is 1. The molecular weight excluding hydrogens is 234 g/mol. The standard InChI is InChI=1S/C16H17N3/c1-12-7-15(10-18-9-12)11-19-13(2)16-5-3-14(8-17)4-6-16/h3-7,9-10,13,19H,11H2,1-2H3. The number of nitrogens with zero attached hydrogens (tertiary/aromatic N) is 2. The van der Waals surface area contributed by atoms with Crippen LogP contribution in [-0.2, 0) is 6.54 Å². The Morgan fingerprint density at radius 3 is 2.63 bits per heavy atom. The first-order valence-corrected chi connectivity index (χ1v) is 6.33. The zero-order chi connectivity index (χ0) is 13.7. The van der Waals surface area contributed by atoms with Gasteiger partial charge in [0.25, 0.3) is 0 Å². The third-order valence-corrected chi connectivity index (χ3v) is 3.08. The summed E-state index contributed by atoms with van der Waals surface area (Å²) < 4.78 is 0. The maximum Gasteiger partial charge on any atom is 0.0991 e. The largest absolute Gasteiger partial charge is 0.306 e. The molecule has 19 heavy (non-hydrogen) atoms. The lowest BCUT2D eigenvalue weighted by molar-refractivity contribution is 0.573. The van der Waals surface area contributed by atoms with Crippen LogP contribution < -0.4 is 5.32 Å². The Hall–Kier alpha value is -2.18. The van der Waals surface area contributed by atoms with Crippen molar-refractivity contribution in [2.75, 3.05) is 0 Å². The van der Waals surface area contributed by atoms with Crippen LogP contribution in [0, 0.1) is 18.3 Å². The van der Waals surface area contributed by atoms with E-state index in [4.69, 9.17) is 5.26 Å². The van der Waals surface area contributed by atoms with Gasteiger partial charge in [-0.25, -0.2) is 0 Å². The number of nitriles is 1. The molecule has 0 saturated carbocycles. The number of nitrogens with one attached hydrogen (secondary N) is 1. The van der Waals surface area contributed by atoms with Crippen molar-refractivity contribution in [1.82, 2.24) is 10.3 Å². The van der Waals surface area contributed by atoms with E-state index in [0.29, 0.717) is 5.56 Å². The third kappa shape index (κ3) is 3.64. The monoisotopic (exact) mass is 251 g/mol. The number of pyridine rings is 1. The highest BCUT2D eigenvalue weighted by atomic mass is 14.9. The fourth-order valence-corrected chi connectivity index (χ4v) is 1.95. The molecule has 0 aliphatic rings. The van der Waals surface area contributed by atoms with Gasteiger partial charge >= 0.3 is 0 Å². The molecule has 1 N–H and O–H groups in total. The summed E-state index contributed by atoms with van der Waals surface area (Å²) in [5.74, 6) is 0. The molecule has 0 saturated heterocycles. The van der Waals surface area contributed by atoms with Gasteiger partial charge in [-0.05, 0) is 42.7 Å². The average Bonchev–Trinajstić information content (AvgIpc) is 2.45. The van der Waals surface area contributed by atoms with Crippen LogP contribution in [0.15, 0.2) is 42.7 Å². The molecule has 3 heteroatoms. The molecule has 0 aliphatic carbocycles. The van der Waals surface area contributed by atoms with Crippen molar-refractivity contribution in [3.05, 3.63) is 65.0 Å². The summed E-state index contributed by atoms with van der Waals surface area (Å²) in [6.07, 6.45) is 3.74. The first-order valence-electron chi connectivity index (χ1n) is 6.33. The number of aryl methyl sites for hydroxylation is 1. The SMILES string of the molecule is Cc1cncc(CNC(C)c2ccc(C#N)cc2)c1. The van der Waals surface area contributed by atoms with Crippen LogP contribution in [0.3, 0.4) is 0 Å². The molecule has 0 spiro atoms. The molecule has 1 aromatic heterocycles. The third-order valence-electron chi connectivity index (χ3n) is 3.08. The summed E-state index contributed by atoms with van der Waals surface area (Å²) in [6.45, 7) is 4.95. The van der Waals surface area contributed by atoms with Crippen molar-refractivity contribution >= 4 is 0 Å². The van der Waals surface area contributed by atoms with Crippen molar-refractivity contribution in [2.45, 2.75) is 26.4 Å². The smallest absolute Gasteiger partial charge is 0.0991 e. The minimum Gasteiger partial charge on any atom is -0.306 e. The number of rotatable bonds is 4. The average molecular weight is 251 g/mol. The van der Waals surface area contributed by atoms with Gasteiger partial charge in [0.05, 0.1) is 11.6 Å². The second-order valence-corrected chi connectivity index (χ2v) is 4.71. The van der Waals surface area contributed by atoms with E-state index in [0.717, 1.165) is 6.54 Å². The molecular formula is C16H17N3. The Morgan fingerprint density at radius 1 is 1.26 bits per heavy atom. The van der Waals surface area contributed by atoms with E-state index in [1.165, 1.54) is 16.7 Å². The molecule has 96 valence electrons. The highest BCUT2D eigenvalue weighted by Gasteiger charge is 2.05. The molecule has 0 aliphatic heterocycles. The Kier molecular flexibility index (Phi) is 4.27. The molecule has 2 rings (SSSR count). The van der Waals surface area contributed by atoms with E-state index in [1.807, 2.05) is 43.6 Å². The molecule has 0 fully saturated rings. The topological polar surface area (TPSA) is 48.7 Å². The van der Waals surface area contributed by atoms with Gasteiger partial charge in [0.2, 0.25) is 0 Å². The van der Waals surface area contributed by atoms with E-state index in [9.17, 15) is 0 Å². The minimum atomic E-state index is 0.244. The molecule has 1 atom stereocenters. The van der Waals surface area contributed by atoms with Gasteiger partial charge in [-0.2, -0.15) is 5.26 Å². The Bertz CT molecular complexity index is 582. The Morgan fingerprint density at radius 2 is 2.00 bits per heavy atom. The van der Waals surface area contributed by atoms with Crippen molar-refractivity contribution in [3.8, 4) is 6.07 Å². The molecule has 0 amide bonds. The zero-order valence-electron chi connectivity index (χ0n) is 11.2. The predicted molar refractivity (Wildman–Crippen MR) is 75.4 cm³/mol. The fraction of sp³-hybridized carbons (Fsp3) is 0.250. The summed E-state index contributed by atoms with van der Waals surface area (Å²) in [5, 5.41) is 12.2. The maximum atomic E-state index is 8.77. The predicted octanol–water partition coefficient (Wildman–Crippen LogP) is 3.11. The quantitative estimate of drug-likeness (QED) is 0.908. The zero-order valence-corrected chi connectivity index (χ0v) is 11.2. The Labute approximate surface area is 113 Å². The fourth-order valence-electron chi connectivity index (χ4n) is 1.95. The van der Waals surface area contributed by atoms with E-state index in [-0.39, 0.29) is 6.04 Å². The number of benzene rings is 1. The Balaban J connectivity index is 1.97. The highest BCUT2D eigenvalue weighted by Crippen LogP contribution is 2.14. The van der Waals surface area contributed by atoms with Gasteiger partial charge in [-0.1, -0.05) is 18.2 Å². The highest BCUT2D eigenvalue weighted by molar-refractivity contribution is 5.32.